The molecule has 0 bridgehead atoms. The van der Waals surface area contributed by atoms with Crippen molar-refractivity contribution < 1.29 is 22.7 Å². The van der Waals surface area contributed by atoms with Crippen molar-refractivity contribution >= 4 is 6.29 Å². The molecule has 0 radical (unpaired) electrons. The van der Waals surface area contributed by atoms with E-state index in [0.717, 1.165) is 0 Å². The highest BCUT2D eigenvalue weighted by atomic mass is 19.4. The lowest BCUT2D eigenvalue weighted by Gasteiger charge is -2.10. The normalized spacial score (nSPS) is 11.4. The largest absolute Gasteiger partial charge is 0.486 e. The molecule has 0 spiro atoms. The molecule has 0 saturated carbocycles. The predicted octanol–water partition coefficient (Wildman–Crippen LogP) is 3.67. The number of aromatic nitrogens is 4. The first-order valence-electron chi connectivity index (χ1n) is 7.95. The zero-order valence-corrected chi connectivity index (χ0v) is 14.2. The molecule has 3 rings (SSSR count). The number of carbonyl (C=O) groups excluding carboxylic acids is 1. The molecule has 0 unspecified atom stereocenters. The average Bonchev–Trinajstić information content (AvgIpc) is 3.07. The second kappa shape index (κ2) is 7.56. The van der Waals surface area contributed by atoms with Gasteiger partial charge in [0.1, 0.15) is 12.4 Å². The van der Waals surface area contributed by atoms with Gasteiger partial charge in [0.2, 0.25) is 0 Å². The van der Waals surface area contributed by atoms with Crippen LogP contribution in [0.1, 0.15) is 27.3 Å². The molecule has 0 fully saturated rings. The van der Waals surface area contributed by atoms with Crippen LogP contribution in [0.3, 0.4) is 0 Å². The Morgan fingerprint density at radius 1 is 1.26 bits per heavy atom. The van der Waals surface area contributed by atoms with Gasteiger partial charge in [0.05, 0.1) is 35.3 Å². The minimum atomic E-state index is -4.34. The zero-order chi connectivity index (χ0) is 19.4. The second-order valence-electron chi connectivity index (χ2n) is 5.85. The smallest absolute Gasteiger partial charge is 0.394 e. The van der Waals surface area contributed by atoms with Crippen molar-refractivity contribution in [3.8, 4) is 17.1 Å². The van der Waals surface area contributed by atoms with E-state index in [1.54, 1.807) is 25.1 Å². The van der Waals surface area contributed by atoms with Crippen LogP contribution in [-0.4, -0.2) is 32.6 Å². The molecule has 0 aliphatic rings. The number of aromatic amines is 1. The Morgan fingerprint density at radius 2 is 2.07 bits per heavy atom. The second-order valence-corrected chi connectivity index (χ2v) is 5.85. The molecule has 3 aromatic rings. The molecule has 0 amide bonds. The monoisotopic (exact) mass is 376 g/mol. The van der Waals surface area contributed by atoms with Gasteiger partial charge in [-0.15, -0.1) is 0 Å². The van der Waals surface area contributed by atoms with Crippen molar-refractivity contribution in [1.82, 2.24) is 20.2 Å². The Labute approximate surface area is 152 Å². The van der Waals surface area contributed by atoms with E-state index in [4.69, 9.17) is 4.74 Å². The van der Waals surface area contributed by atoms with Crippen molar-refractivity contribution in [2.45, 2.75) is 26.1 Å². The van der Waals surface area contributed by atoms with E-state index in [0.29, 0.717) is 40.2 Å². The molecule has 0 aliphatic carbocycles. The zero-order valence-electron chi connectivity index (χ0n) is 14.2. The standard InChI is InChI=1S/C18H15F3N4O2/c1-11-5-13(9-26)16(8-23-11)27-10-12-3-2-4-22-17(12)15-6-14(24-25-15)7-18(19,20)21/h2-6,8-9H,7,10H2,1H3,(H,24,25). The summed E-state index contributed by atoms with van der Waals surface area (Å²) in [5.41, 5.74) is 2.32. The van der Waals surface area contributed by atoms with Gasteiger partial charge in [-0.2, -0.15) is 18.3 Å². The molecule has 9 heteroatoms. The van der Waals surface area contributed by atoms with Gasteiger partial charge in [-0.25, -0.2) is 0 Å². The lowest BCUT2D eigenvalue weighted by molar-refractivity contribution is -0.127. The fourth-order valence-corrected chi connectivity index (χ4v) is 2.51. The number of aryl methyl sites for hydroxylation is 1. The van der Waals surface area contributed by atoms with Gasteiger partial charge in [-0.3, -0.25) is 19.9 Å². The Balaban J connectivity index is 1.82. The number of rotatable bonds is 6. The van der Waals surface area contributed by atoms with Crippen molar-refractivity contribution in [3.63, 3.8) is 0 Å². The first-order chi connectivity index (χ1) is 12.9. The molecule has 3 aromatic heterocycles. The van der Waals surface area contributed by atoms with E-state index < -0.39 is 12.6 Å². The SMILES string of the molecule is Cc1cc(C=O)c(OCc2cccnc2-c2cc(CC(F)(F)F)n[nH]2)cn1. The van der Waals surface area contributed by atoms with Crippen molar-refractivity contribution in [2.24, 2.45) is 0 Å². The van der Waals surface area contributed by atoms with Gasteiger partial charge in [-0.05, 0) is 25.1 Å². The number of hydrogen-bond donors (Lipinski definition) is 1. The molecule has 0 aromatic carbocycles. The highest BCUT2D eigenvalue weighted by molar-refractivity contribution is 5.79. The maximum Gasteiger partial charge on any atom is 0.394 e. The number of hydrogen-bond acceptors (Lipinski definition) is 5. The maximum atomic E-state index is 12.5. The van der Waals surface area contributed by atoms with Gasteiger partial charge < -0.3 is 4.74 Å². The maximum absolute atomic E-state index is 12.5. The number of ether oxygens (including phenoxy) is 1. The third-order valence-electron chi connectivity index (χ3n) is 3.70. The van der Waals surface area contributed by atoms with Crippen molar-refractivity contribution in [3.05, 3.63) is 59.2 Å². The van der Waals surface area contributed by atoms with Gasteiger partial charge in [-0.1, -0.05) is 6.07 Å². The van der Waals surface area contributed by atoms with E-state index in [9.17, 15) is 18.0 Å². The van der Waals surface area contributed by atoms with E-state index in [-0.39, 0.29) is 12.3 Å². The van der Waals surface area contributed by atoms with E-state index in [2.05, 4.69) is 20.2 Å². The van der Waals surface area contributed by atoms with Crippen LogP contribution in [-0.2, 0) is 13.0 Å². The van der Waals surface area contributed by atoms with E-state index in [1.165, 1.54) is 18.5 Å². The van der Waals surface area contributed by atoms with Crippen LogP contribution in [0.25, 0.3) is 11.4 Å². The summed E-state index contributed by atoms with van der Waals surface area (Å²) in [6, 6.07) is 6.33. The van der Waals surface area contributed by atoms with Crippen LogP contribution in [0.15, 0.2) is 36.7 Å². The summed E-state index contributed by atoms with van der Waals surface area (Å²) in [5, 5.41) is 6.27. The number of halogens is 3. The number of alkyl halides is 3. The minimum Gasteiger partial charge on any atom is -0.486 e. The third kappa shape index (κ3) is 4.69. The summed E-state index contributed by atoms with van der Waals surface area (Å²) in [4.78, 5) is 19.5. The van der Waals surface area contributed by atoms with Crippen LogP contribution in [0.4, 0.5) is 13.2 Å². The third-order valence-corrected chi connectivity index (χ3v) is 3.70. The summed E-state index contributed by atoms with van der Waals surface area (Å²) in [6.45, 7) is 1.81. The Hall–Kier alpha value is -3.23. The Bertz CT molecular complexity index is 954. The van der Waals surface area contributed by atoms with Crippen LogP contribution in [0.5, 0.6) is 5.75 Å². The average molecular weight is 376 g/mol. The lowest BCUT2D eigenvalue weighted by Crippen LogP contribution is -2.11. The number of pyridine rings is 2. The van der Waals surface area contributed by atoms with Gasteiger partial charge in [0.15, 0.2) is 6.29 Å². The van der Waals surface area contributed by atoms with Crippen molar-refractivity contribution in [1.29, 1.82) is 0 Å². The summed E-state index contributed by atoms with van der Waals surface area (Å²) in [7, 11) is 0. The molecule has 0 saturated heterocycles. The number of aldehydes is 1. The summed E-state index contributed by atoms with van der Waals surface area (Å²) < 4.78 is 43.2. The molecule has 3 heterocycles. The highest BCUT2D eigenvalue weighted by Crippen LogP contribution is 2.25. The lowest BCUT2D eigenvalue weighted by atomic mass is 10.1. The molecule has 6 nitrogen and oxygen atoms in total. The van der Waals surface area contributed by atoms with Crippen LogP contribution in [0.2, 0.25) is 0 Å². The summed E-state index contributed by atoms with van der Waals surface area (Å²) in [5.74, 6) is 0.313. The predicted molar refractivity (Wildman–Crippen MR) is 90.3 cm³/mol. The quantitative estimate of drug-likeness (QED) is 0.664. The first kappa shape index (κ1) is 18.6. The van der Waals surface area contributed by atoms with Crippen LogP contribution >= 0.6 is 0 Å². The number of nitrogens with one attached hydrogen (secondary N) is 1. The number of carbonyl (C=O) groups is 1. The van der Waals surface area contributed by atoms with Crippen molar-refractivity contribution in [2.75, 3.05) is 0 Å². The molecular formula is C18H15F3N4O2. The molecule has 140 valence electrons. The highest BCUT2D eigenvalue weighted by Gasteiger charge is 2.29. The first-order valence-corrected chi connectivity index (χ1v) is 7.95. The Kier molecular flexibility index (Phi) is 5.20. The molecule has 0 aliphatic heterocycles. The van der Waals surface area contributed by atoms with E-state index >= 15 is 0 Å². The fourth-order valence-electron chi connectivity index (χ4n) is 2.51. The summed E-state index contributed by atoms with van der Waals surface area (Å²) >= 11 is 0. The minimum absolute atomic E-state index is 0.0579. The number of nitrogens with zero attached hydrogens (tertiary/aromatic N) is 3. The molecule has 27 heavy (non-hydrogen) atoms. The fraction of sp³-hybridized carbons (Fsp3) is 0.222. The summed E-state index contributed by atoms with van der Waals surface area (Å²) in [6.07, 6.45) is -1.82. The van der Waals surface area contributed by atoms with Crippen LogP contribution in [0, 0.1) is 6.92 Å². The Morgan fingerprint density at radius 3 is 2.81 bits per heavy atom. The van der Waals surface area contributed by atoms with Crippen LogP contribution < -0.4 is 4.74 Å². The van der Waals surface area contributed by atoms with Gasteiger partial charge in [0, 0.05) is 17.5 Å². The molecule has 1 N–H and O–H groups in total. The van der Waals surface area contributed by atoms with Gasteiger partial charge in [0.25, 0.3) is 0 Å². The molecule has 0 atom stereocenters. The number of H-pyrrole nitrogens is 1. The van der Waals surface area contributed by atoms with E-state index in [1.807, 2.05) is 0 Å². The van der Waals surface area contributed by atoms with Gasteiger partial charge >= 0.3 is 6.18 Å². The topological polar surface area (TPSA) is 80.8 Å². The molecular weight excluding hydrogens is 361 g/mol.